The van der Waals surface area contributed by atoms with E-state index in [4.69, 9.17) is 0 Å². The molecule has 2 N–H and O–H groups in total. The fraction of sp³-hybridized carbons (Fsp3) is 0.235. The molecule has 4 heteroatoms. The number of carbonyl (C=O) groups is 1. The Morgan fingerprint density at radius 3 is 2.62 bits per heavy atom. The van der Waals surface area contributed by atoms with Crippen LogP contribution >= 0.6 is 15.9 Å². The van der Waals surface area contributed by atoms with E-state index in [1.54, 1.807) is 0 Å². The van der Waals surface area contributed by atoms with Crippen molar-refractivity contribution < 1.29 is 9.69 Å². The molecule has 0 aliphatic carbocycles. The van der Waals surface area contributed by atoms with Crippen LogP contribution in [0.2, 0.25) is 0 Å². The number of halogens is 1. The average Bonchev–Trinajstić information content (AvgIpc) is 2.49. The van der Waals surface area contributed by atoms with Crippen LogP contribution in [0.4, 0.5) is 5.69 Å². The van der Waals surface area contributed by atoms with Crippen LogP contribution in [0.15, 0.2) is 53.0 Å². The number of hydrogen-bond donors (Lipinski definition) is 2. The van der Waals surface area contributed by atoms with Gasteiger partial charge in [0.1, 0.15) is 6.54 Å². The standard InChI is InChI=1S/C17H17BrN2O/c18-15-7-3-4-8-16(15)19-17(21)12-20-10-9-13-5-1-2-6-14(13)11-20/h1-8H,9-12H2,(H,19,21)/p+1. The van der Waals surface area contributed by atoms with Gasteiger partial charge in [-0.3, -0.25) is 4.79 Å². The van der Waals surface area contributed by atoms with Crippen molar-refractivity contribution in [1.29, 1.82) is 0 Å². The number of carbonyl (C=O) groups excluding carboxylic acids is 1. The first-order chi connectivity index (χ1) is 10.2. The van der Waals surface area contributed by atoms with Gasteiger partial charge in [-0.05, 0) is 33.6 Å². The Balaban J connectivity index is 1.60. The van der Waals surface area contributed by atoms with Crippen molar-refractivity contribution in [1.82, 2.24) is 0 Å². The predicted octanol–water partition coefficient (Wildman–Crippen LogP) is 2.03. The number of nitrogens with one attached hydrogen (secondary N) is 2. The summed E-state index contributed by atoms with van der Waals surface area (Å²) in [6, 6.07) is 16.2. The van der Waals surface area contributed by atoms with Crippen molar-refractivity contribution >= 4 is 27.5 Å². The van der Waals surface area contributed by atoms with Crippen LogP contribution in [-0.2, 0) is 17.8 Å². The molecule has 2 aromatic carbocycles. The van der Waals surface area contributed by atoms with Gasteiger partial charge < -0.3 is 10.2 Å². The van der Waals surface area contributed by atoms with Gasteiger partial charge in [0, 0.05) is 16.5 Å². The second-order valence-corrected chi connectivity index (χ2v) is 6.25. The van der Waals surface area contributed by atoms with Crippen LogP contribution in [0.5, 0.6) is 0 Å². The fourth-order valence-corrected chi connectivity index (χ4v) is 3.16. The van der Waals surface area contributed by atoms with Crippen molar-refractivity contribution in [3.05, 3.63) is 64.1 Å². The van der Waals surface area contributed by atoms with Crippen LogP contribution in [0.3, 0.4) is 0 Å². The Morgan fingerprint density at radius 1 is 1.10 bits per heavy atom. The SMILES string of the molecule is O=C(C[NH+]1CCc2ccccc2C1)Nc1ccccc1Br. The predicted molar refractivity (Wildman–Crippen MR) is 87.3 cm³/mol. The molecule has 1 aliphatic rings. The number of benzene rings is 2. The van der Waals surface area contributed by atoms with Gasteiger partial charge in [-0.1, -0.05) is 36.4 Å². The van der Waals surface area contributed by atoms with E-state index < -0.39 is 0 Å². The van der Waals surface area contributed by atoms with Crippen LogP contribution in [-0.4, -0.2) is 19.0 Å². The van der Waals surface area contributed by atoms with E-state index in [1.807, 2.05) is 24.3 Å². The van der Waals surface area contributed by atoms with Crippen LogP contribution in [0.25, 0.3) is 0 Å². The molecule has 3 rings (SSSR count). The third-order valence-corrected chi connectivity index (χ3v) is 4.56. The van der Waals surface area contributed by atoms with Crippen LogP contribution < -0.4 is 10.2 Å². The Morgan fingerprint density at radius 2 is 1.81 bits per heavy atom. The zero-order valence-electron chi connectivity index (χ0n) is 11.7. The maximum absolute atomic E-state index is 12.2. The molecule has 1 unspecified atom stereocenters. The van der Waals surface area contributed by atoms with Gasteiger partial charge in [0.05, 0.1) is 12.2 Å². The third-order valence-electron chi connectivity index (χ3n) is 3.87. The first-order valence-corrected chi connectivity index (χ1v) is 7.96. The van der Waals surface area contributed by atoms with E-state index in [2.05, 4.69) is 45.5 Å². The third kappa shape index (κ3) is 3.52. The van der Waals surface area contributed by atoms with E-state index in [0.717, 1.165) is 29.7 Å². The smallest absolute Gasteiger partial charge is 0.279 e. The molecule has 0 saturated heterocycles. The molecule has 2 aromatic rings. The molecule has 1 amide bonds. The number of rotatable bonds is 3. The second-order valence-electron chi connectivity index (χ2n) is 5.40. The topological polar surface area (TPSA) is 33.5 Å². The maximum Gasteiger partial charge on any atom is 0.279 e. The zero-order valence-corrected chi connectivity index (χ0v) is 13.3. The lowest BCUT2D eigenvalue weighted by atomic mass is 10.00. The Bertz CT molecular complexity index is 657. The van der Waals surface area contributed by atoms with Crippen molar-refractivity contribution in [3.63, 3.8) is 0 Å². The zero-order chi connectivity index (χ0) is 14.7. The van der Waals surface area contributed by atoms with Crippen molar-refractivity contribution in [2.45, 2.75) is 13.0 Å². The highest BCUT2D eigenvalue weighted by molar-refractivity contribution is 9.10. The minimum atomic E-state index is 0.0660. The molecule has 1 heterocycles. The monoisotopic (exact) mass is 345 g/mol. The molecule has 0 bridgehead atoms. The molecule has 1 aliphatic heterocycles. The quantitative estimate of drug-likeness (QED) is 0.876. The van der Waals surface area contributed by atoms with Crippen molar-refractivity contribution in [2.24, 2.45) is 0 Å². The van der Waals surface area contributed by atoms with Crippen molar-refractivity contribution in [2.75, 3.05) is 18.4 Å². The van der Waals surface area contributed by atoms with E-state index in [9.17, 15) is 4.79 Å². The van der Waals surface area contributed by atoms with Gasteiger partial charge in [0.2, 0.25) is 0 Å². The highest BCUT2D eigenvalue weighted by Gasteiger charge is 2.21. The number of para-hydroxylation sites is 1. The summed E-state index contributed by atoms with van der Waals surface area (Å²) < 4.78 is 0.914. The summed E-state index contributed by atoms with van der Waals surface area (Å²) in [5.41, 5.74) is 3.62. The van der Waals surface area contributed by atoms with Crippen molar-refractivity contribution in [3.8, 4) is 0 Å². The Hall–Kier alpha value is -1.65. The second kappa shape index (κ2) is 6.41. The highest BCUT2D eigenvalue weighted by atomic mass is 79.9. The molecule has 1 atom stereocenters. The highest BCUT2D eigenvalue weighted by Crippen LogP contribution is 2.20. The summed E-state index contributed by atoms with van der Waals surface area (Å²) >= 11 is 3.45. The number of amides is 1. The molecule has 108 valence electrons. The lowest BCUT2D eigenvalue weighted by Gasteiger charge is -2.25. The number of hydrogen-bond acceptors (Lipinski definition) is 1. The maximum atomic E-state index is 12.2. The first-order valence-electron chi connectivity index (χ1n) is 7.17. The van der Waals surface area contributed by atoms with Crippen LogP contribution in [0.1, 0.15) is 11.1 Å². The molecular weight excluding hydrogens is 328 g/mol. The van der Waals surface area contributed by atoms with Gasteiger partial charge in [0.15, 0.2) is 6.54 Å². The van der Waals surface area contributed by atoms with Gasteiger partial charge in [0.25, 0.3) is 5.91 Å². The summed E-state index contributed by atoms with van der Waals surface area (Å²) in [6.07, 6.45) is 1.05. The summed E-state index contributed by atoms with van der Waals surface area (Å²) in [6.45, 7) is 2.45. The molecule has 0 saturated carbocycles. The number of quaternary nitrogens is 1. The number of anilines is 1. The average molecular weight is 346 g/mol. The first kappa shape index (κ1) is 14.3. The van der Waals surface area contributed by atoms with Gasteiger partial charge >= 0.3 is 0 Å². The van der Waals surface area contributed by atoms with E-state index in [-0.39, 0.29) is 5.91 Å². The number of fused-ring (bicyclic) bond motifs is 1. The lowest BCUT2D eigenvalue weighted by Crippen LogP contribution is -3.12. The fourth-order valence-electron chi connectivity index (χ4n) is 2.78. The molecule has 0 spiro atoms. The van der Waals surface area contributed by atoms with E-state index in [0.29, 0.717) is 6.54 Å². The normalized spacial score (nSPS) is 17.1. The Labute approximate surface area is 133 Å². The van der Waals surface area contributed by atoms with Gasteiger partial charge in [-0.15, -0.1) is 0 Å². The van der Waals surface area contributed by atoms with Crippen LogP contribution in [0, 0.1) is 0 Å². The van der Waals surface area contributed by atoms with Gasteiger partial charge in [-0.2, -0.15) is 0 Å². The summed E-state index contributed by atoms with van der Waals surface area (Å²) in [7, 11) is 0. The molecule has 21 heavy (non-hydrogen) atoms. The van der Waals surface area contributed by atoms with Gasteiger partial charge in [-0.25, -0.2) is 0 Å². The molecule has 0 fully saturated rings. The molecular formula is C17H18BrN2O+. The largest absolute Gasteiger partial charge is 0.323 e. The minimum absolute atomic E-state index is 0.0660. The van der Waals surface area contributed by atoms with E-state index >= 15 is 0 Å². The Kier molecular flexibility index (Phi) is 4.36. The summed E-state index contributed by atoms with van der Waals surface area (Å²) in [5.74, 6) is 0.0660. The van der Waals surface area contributed by atoms with E-state index in [1.165, 1.54) is 16.0 Å². The summed E-state index contributed by atoms with van der Waals surface area (Å²) in [4.78, 5) is 13.5. The minimum Gasteiger partial charge on any atom is -0.323 e. The summed E-state index contributed by atoms with van der Waals surface area (Å²) in [5, 5.41) is 2.97. The lowest BCUT2D eigenvalue weighted by molar-refractivity contribution is -0.907. The molecule has 3 nitrogen and oxygen atoms in total. The molecule has 0 radical (unpaired) electrons. The molecule has 0 aromatic heterocycles.